The Kier molecular flexibility index (Phi) is 4.18. The van der Waals surface area contributed by atoms with Gasteiger partial charge in [0.25, 0.3) is 5.91 Å². The monoisotopic (exact) mass is 353 g/mol. The summed E-state index contributed by atoms with van der Waals surface area (Å²) in [7, 11) is -2.75. The minimum Gasteiger partial charge on any atom is -0.268 e. The third-order valence-electron chi connectivity index (χ3n) is 1.56. The van der Waals surface area contributed by atoms with E-state index in [9.17, 15) is 13.2 Å². The number of carbonyl (C=O) groups excluding carboxylic acids is 1. The van der Waals surface area contributed by atoms with E-state index in [2.05, 4.69) is 36.2 Å². The number of alkyl halides is 2. The van der Waals surface area contributed by atoms with E-state index in [4.69, 9.17) is 0 Å². The van der Waals surface area contributed by atoms with Crippen LogP contribution in [0.3, 0.4) is 0 Å². The lowest BCUT2D eigenvalue weighted by molar-refractivity contribution is -0.117. The minimum atomic E-state index is -2.75. The zero-order chi connectivity index (χ0) is 11.5. The van der Waals surface area contributed by atoms with E-state index >= 15 is 0 Å². The molecule has 0 spiro atoms. The van der Waals surface area contributed by atoms with Gasteiger partial charge in [-0.25, -0.2) is 0 Å². The van der Waals surface area contributed by atoms with Crippen LogP contribution in [0.5, 0.6) is 0 Å². The molecule has 0 radical (unpaired) electrons. The van der Waals surface area contributed by atoms with Crippen LogP contribution in [-0.2, 0) is 18.5 Å². The normalized spacial score (nSPS) is 10.8. The Morgan fingerprint density at radius 3 is 2.20 bits per heavy atom. The van der Waals surface area contributed by atoms with Gasteiger partial charge in [0.1, 0.15) is 0 Å². The number of carbonyl (C=O) groups is 1. The third kappa shape index (κ3) is 3.22. The van der Waals surface area contributed by atoms with Crippen LogP contribution in [0.2, 0.25) is 0 Å². The molecule has 0 aliphatic heterocycles. The van der Waals surface area contributed by atoms with E-state index in [-0.39, 0.29) is 0 Å². The number of amides is 1. The number of rotatable bonds is 2. The minimum absolute atomic E-state index is 0.573. The van der Waals surface area contributed by atoms with Crippen molar-refractivity contribution in [2.24, 2.45) is 4.36 Å². The lowest BCUT2D eigenvalue weighted by Gasteiger charge is -2.15. The lowest BCUT2D eigenvalue weighted by atomic mass is 10.1. The molecule has 0 N–H and O–H groups in total. The summed E-state index contributed by atoms with van der Waals surface area (Å²) in [5.41, 5.74) is 0.573. The Bertz CT molecular complexity index is 488. The second-order valence-corrected chi connectivity index (χ2v) is 6.61. The Morgan fingerprint density at radius 2 is 1.73 bits per heavy atom. The highest BCUT2D eigenvalue weighted by atomic mass is 79.9. The molecule has 0 heterocycles. The number of halogens is 2. The summed E-state index contributed by atoms with van der Waals surface area (Å²) in [6, 6.07) is 8.59. The molecule has 15 heavy (non-hydrogen) atoms. The number of hydrogen-bond acceptors (Lipinski definition) is 3. The van der Waals surface area contributed by atoms with Crippen molar-refractivity contribution in [1.29, 1.82) is 0 Å². The topological polar surface area (TPSA) is 63.6 Å². The van der Waals surface area contributed by atoms with Gasteiger partial charge in [0.2, 0.25) is 0 Å². The molecule has 0 saturated heterocycles. The smallest absolute Gasteiger partial charge is 0.268 e. The first-order valence-electron chi connectivity index (χ1n) is 3.73. The van der Waals surface area contributed by atoms with Gasteiger partial charge < -0.3 is 0 Å². The van der Waals surface area contributed by atoms with Crippen LogP contribution >= 0.6 is 31.9 Å². The zero-order valence-electron chi connectivity index (χ0n) is 7.22. The van der Waals surface area contributed by atoms with E-state index in [1.165, 1.54) is 0 Å². The van der Waals surface area contributed by atoms with Gasteiger partial charge in [-0.05, 0) is 5.56 Å². The molecular formula is C8H5Br2NO3S. The summed E-state index contributed by atoms with van der Waals surface area (Å²) in [6.45, 7) is 0. The van der Waals surface area contributed by atoms with Gasteiger partial charge >= 0.3 is 10.5 Å². The van der Waals surface area contributed by atoms with E-state index in [0.29, 0.717) is 5.56 Å². The second-order valence-electron chi connectivity index (χ2n) is 2.55. The maximum absolute atomic E-state index is 11.4. The van der Waals surface area contributed by atoms with Gasteiger partial charge in [-0.1, -0.05) is 66.6 Å². The highest BCUT2D eigenvalue weighted by Gasteiger charge is 2.34. The quantitative estimate of drug-likeness (QED) is 0.765. The molecule has 80 valence electrons. The van der Waals surface area contributed by atoms with Crippen molar-refractivity contribution >= 4 is 48.3 Å². The van der Waals surface area contributed by atoms with Gasteiger partial charge in [-0.3, -0.25) is 4.79 Å². The fourth-order valence-corrected chi connectivity index (χ4v) is 2.11. The van der Waals surface area contributed by atoms with Crippen LogP contribution < -0.4 is 0 Å². The van der Waals surface area contributed by atoms with Crippen molar-refractivity contribution in [1.82, 2.24) is 0 Å². The molecule has 1 rings (SSSR count). The van der Waals surface area contributed by atoms with Gasteiger partial charge in [-0.2, -0.15) is 8.42 Å². The molecule has 0 aliphatic rings. The average molecular weight is 355 g/mol. The van der Waals surface area contributed by atoms with Gasteiger partial charge in [0.15, 0.2) is 3.23 Å². The summed E-state index contributed by atoms with van der Waals surface area (Å²) < 4.78 is 22.1. The molecule has 0 atom stereocenters. The van der Waals surface area contributed by atoms with Crippen molar-refractivity contribution in [2.45, 2.75) is 3.23 Å². The Balaban J connectivity index is 3.14. The molecule has 7 heteroatoms. The highest BCUT2D eigenvalue weighted by Crippen LogP contribution is 2.39. The molecule has 0 saturated carbocycles. The van der Waals surface area contributed by atoms with Crippen molar-refractivity contribution in [3.63, 3.8) is 0 Å². The van der Waals surface area contributed by atoms with Gasteiger partial charge in [0.05, 0.1) is 0 Å². The van der Waals surface area contributed by atoms with E-state index in [1.54, 1.807) is 30.3 Å². The van der Waals surface area contributed by atoms with Crippen LogP contribution in [-0.4, -0.2) is 14.3 Å². The summed E-state index contributed by atoms with van der Waals surface area (Å²) in [5, 5.41) is 0. The maximum atomic E-state index is 11.4. The molecule has 1 amide bonds. The van der Waals surface area contributed by atoms with Gasteiger partial charge in [0, 0.05) is 0 Å². The Labute approximate surface area is 105 Å². The number of benzene rings is 1. The van der Waals surface area contributed by atoms with E-state index in [1.807, 2.05) is 0 Å². The van der Waals surface area contributed by atoms with Crippen molar-refractivity contribution in [3.05, 3.63) is 35.9 Å². The molecule has 0 fully saturated rings. The van der Waals surface area contributed by atoms with E-state index < -0.39 is 19.6 Å². The van der Waals surface area contributed by atoms with Crippen molar-refractivity contribution in [2.75, 3.05) is 0 Å². The zero-order valence-corrected chi connectivity index (χ0v) is 11.2. The van der Waals surface area contributed by atoms with Gasteiger partial charge in [-0.15, -0.1) is 0 Å². The summed E-state index contributed by atoms with van der Waals surface area (Å²) >= 11 is 6.17. The molecule has 4 nitrogen and oxygen atoms in total. The first kappa shape index (κ1) is 12.5. The predicted molar refractivity (Wildman–Crippen MR) is 62.3 cm³/mol. The maximum Gasteiger partial charge on any atom is 0.319 e. The average Bonchev–Trinajstić information content (AvgIpc) is 2.18. The van der Waals surface area contributed by atoms with Crippen molar-refractivity contribution in [3.8, 4) is 0 Å². The lowest BCUT2D eigenvalue weighted by Crippen LogP contribution is -2.19. The molecule has 1 aromatic carbocycles. The number of hydrogen-bond donors (Lipinski definition) is 0. The molecule has 0 bridgehead atoms. The molecular weight excluding hydrogens is 350 g/mol. The Hall–Kier alpha value is -0.530. The van der Waals surface area contributed by atoms with Crippen LogP contribution in [0, 0.1) is 0 Å². The third-order valence-corrected chi connectivity index (χ3v) is 3.47. The molecule has 0 aliphatic carbocycles. The number of nitrogens with zero attached hydrogens (tertiary/aromatic N) is 1. The first-order valence-corrected chi connectivity index (χ1v) is 6.35. The summed E-state index contributed by atoms with van der Waals surface area (Å²) in [5.74, 6) is -0.831. The second kappa shape index (κ2) is 5.00. The van der Waals surface area contributed by atoms with Crippen LogP contribution in [0.1, 0.15) is 5.56 Å². The predicted octanol–water partition coefficient (Wildman–Crippen LogP) is 2.22. The standard InChI is InChI=1S/C8H5Br2NO3S/c9-8(10,7(12)11-15(13)14)6-4-2-1-3-5-6/h1-5H. The largest absolute Gasteiger partial charge is 0.319 e. The van der Waals surface area contributed by atoms with Crippen molar-refractivity contribution < 1.29 is 13.2 Å². The fourth-order valence-electron chi connectivity index (χ4n) is 0.896. The summed E-state index contributed by atoms with van der Waals surface area (Å²) in [6.07, 6.45) is 0. The molecule has 0 aromatic heterocycles. The Morgan fingerprint density at radius 1 is 1.20 bits per heavy atom. The highest BCUT2D eigenvalue weighted by molar-refractivity contribution is 9.25. The fraction of sp³-hybridized carbons (Fsp3) is 0.125. The van der Waals surface area contributed by atoms with E-state index in [0.717, 1.165) is 0 Å². The SMILES string of the molecule is O=C(N=S(=O)=O)C(Br)(Br)c1ccccc1. The van der Waals surface area contributed by atoms with Crippen LogP contribution in [0.4, 0.5) is 0 Å². The molecule has 0 unspecified atom stereocenters. The molecule has 1 aromatic rings. The van der Waals surface area contributed by atoms with Crippen LogP contribution in [0.15, 0.2) is 34.7 Å². The van der Waals surface area contributed by atoms with Crippen LogP contribution in [0.25, 0.3) is 0 Å². The summed E-state index contributed by atoms with van der Waals surface area (Å²) in [4.78, 5) is 11.4. The first-order chi connectivity index (χ1) is 6.94.